The van der Waals surface area contributed by atoms with E-state index in [1.807, 2.05) is 55.1 Å². The van der Waals surface area contributed by atoms with Crippen LogP contribution in [0, 0.1) is 13.8 Å². The van der Waals surface area contributed by atoms with Gasteiger partial charge in [0.15, 0.2) is 4.34 Å². The Bertz CT molecular complexity index is 854. The van der Waals surface area contributed by atoms with E-state index in [9.17, 15) is 4.79 Å². The zero-order valence-electron chi connectivity index (χ0n) is 13.6. The van der Waals surface area contributed by atoms with Crippen LogP contribution in [-0.4, -0.2) is 32.1 Å². The van der Waals surface area contributed by atoms with E-state index < -0.39 is 0 Å². The molecule has 0 aliphatic heterocycles. The number of amides is 1. The SMILES string of the molecule is CSc1nnc(NC(=O)c2ccc(Cn3nc(C)cc3C)cc2)s1. The highest BCUT2D eigenvalue weighted by Crippen LogP contribution is 2.23. The topological polar surface area (TPSA) is 72.7 Å². The van der Waals surface area contributed by atoms with Crippen LogP contribution < -0.4 is 5.32 Å². The Morgan fingerprint density at radius 2 is 2.00 bits per heavy atom. The van der Waals surface area contributed by atoms with Gasteiger partial charge in [-0.05, 0) is 43.9 Å². The molecule has 2 heterocycles. The smallest absolute Gasteiger partial charge is 0.257 e. The van der Waals surface area contributed by atoms with E-state index in [4.69, 9.17) is 0 Å². The first kappa shape index (κ1) is 16.7. The van der Waals surface area contributed by atoms with E-state index >= 15 is 0 Å². The van der Waals surface area contributed by atoms with Crippen LogP contribution in [0.1, 0.15) is 27.3 Å². The maximum absolute atomic E-state index is 12.2. The Morgan fingerprint density at radius 1 is 1.25 bits per heavy atom. The van der Waals surface area contributed by atoms with Crippen LogP contribution in [0.4, 0.5) is 5.13 Å². The van der Waals surface area contributed by atoms with Gasteiger partial charge in [-0.3, -0.25) is 14.8 Å². The molecular weight excluding hydrogens is 342 g/mol. The van der Waals surface area contributed by atoms with E-state index in [1.165, 1.54) is 23.1 Å². The molecule has 1 N–H and O–H groups in total. The second-order valence-corrected chi connectivity index (χ2v) is 7.34. The molecule has 8 heteroatoms. The molecule has 0 spiro atoms. The third-order valence-electron chi connectivity index (χ3n) is 3.45. The Hall–Kier alpha value is -2.19. The van der Waals surface area contributed by atoms with Crippen molar-refractivity contribution in [3.05, 3.63) is 52.8 Å². The van der Waals surface area contributed by atoms with E-state index in [2.05, 4.69) is 20.6 Å². The van der Waals surface area contributed by atoms with Gasteiger partial charge in [-0.25, -0.2) is 0 Å². The first-order chi connectivity index (χ1) is 11.5. The van der Waals surface area contributed by atoms with Crippen molar-refractivity contribution in [2.24, 2.45) is 0 Å². The van der Waals surface area contributed by atoms with Crippen molar-refractivity contribution in [2.75, 3.05) is 11.6 Å². The minimum atomic E-state index is -0.184. The molecule has 0 saturated carbocycles. The Balaban J connectivity index is 1.67. The van der Waals surface area contributed by atoms with Crippen LogP contribution in [0.5, 0.6) is 0 Å². The Kier molecular flexibility index (Phi) is 4.96. The molecule has 6 nitrogen and oxygen atoms in total. The molecule has 0 fully saturated rings. The number of benzene rings is 1. The normalized spacial score (nSPS) is 10.8. The number of aromatic nitrogens is 4. The summed E-state index contributed by atoms with van der Waals surface area (Å²) in [6.45, 7) is 4.70. The van der Waals surface area contributed by atoms with Crippen LogP contribution in [0.15, 0.2) is 34.7 Å². The summed E-state index contributed by atoms with van der Waals surface area (Å²) in [4.78, 5) is 12.2. The monoisotopic (exact) mass is 359 g/mol. The number of nitrogens with one attached hydrogen (secondary N) is 1. The molecule has 0 atom stereocenters. The summed E-state index contributed by atoms with van der Waals surface area (Å²) in [7, 11) is 0. The lowest BCUT2D eigenvalue weighted by molar-refractivity contribution is 0.102. The van der Waals surface area contributed by atoms with Gasteiger partial charge in [0.25, 0.3) is 5.91 Å². The lowest BCUT2D eigenvalue weighted by Gasteiger charge is -2.06. The van der Waals surface area contributed by atoms with Crippen molar-refractivity contribution < 1.29 is 4.79 Å². The zero-order valence-corrected chi connectivity index (χ0v) is 15.2. The number of thioether (sulfide) groups is 1. The van der Waals surface area contributed by atoms with Crippen LogP contribution in [0.3, 0.4) is 0 Å². The molecule has 0 saturated heterocycles. The second kappa shape index (κ2) is 7.14. The van der Waals surface area contributed by atoms with E-state index in [0.717, 1.165) is 21.3 Å². The Morgan fingerprint density at radius 3 is 2.58 bits per heavy atom. The largest absolute Gasteiger partial charge is 0.296 e. The van der Waals surface area contributed by atoms with Gasteiger partial charge in [0, 0.05) is 11.3 Å². The number of nitrogens with zero attached hydrogens (tertiary/aromatic N) is 4. The van der Waals surface area contributed by atoms with Gasteiger partial charge in [0.05, 0.1) is 12.2 Å². The summed E-state index contributed by atoms with van der Waals surface area (Å²) >= 11 is 2.87. The highest BCUT2D eigenvalue weighted by molar-refractivity contribution is 8.00. The summed E-state index contributed by atoms with van der Waals surface area (Å²) < 4.78 is 2.78. The molecule has 3 aromatic rings. The van der Waals surface area contributed by atoms with Crippen molar-refractivity contribution in [3.8, 4) is 0 Å². The molecule has 0 aliphatic carbocycles. The van der Waals surface area contributed by atoms with Crippen molar-refractivity contribution in [2.45, 2.75) is 24.7 Å². The highest BCUT2D eigenvalue weighted by Gasteiger charge is 2.10. The quantitative estimate of drug-likeness (QED) is 0.558. The number of aryl methyl sites for hydroxylation is 2. The van der Waals surface area contributed by atoms with Gasteiger partial charge in [0.2, 0.25) is 5.13 Å². The number of rotatable bonds is 5. The van der Waals surface area contributed by atoms with Crippen LogP contribution in [0.2, 0.25) is 0 Å². The van der Waals surface area contributed by atoms with Crippen LogP contribution in [-0.2, 0) is 6.54 Å². The molecule has 0 aliphatic rings. The average Bonchev–Trinajstić information content (AvgIpc) is 3.14. The van der Waals surface area contributed by atoms with Crippen molar-refractivity contribution in [1.82, 2.24) is 20.0 Å². The first-order valence-corrected chi connectivity index (χ1v) is 9.38. The van der Waals surface area contributed by atoms with Gasteiger partial charge < -0.3 is 0 Å². The number of carbonyl (C=O) groups is 1. The fourth-order valence-electron chi connectivity index (χ4n) is 2.28. The molecule has 3 rings (SSSR count). The maximum Gasteiger partial charge on any atom is 0.257 e. The molecule has 0 radical (unpaired) electrons. The minimum Gasteiger partial charge on any atom is -0.296 e. The summed E-state index contributed by atoms with van der Waals surface area (Å²) in [5.74, 6) is -0.184. The number of hydrogen-bond acceptors (Lipinski definition) is 6. The van der Waals surface area contributed by atoms with Crippen LogP contribution >= 0.6 is 23.1 Å². The summed E-state index contributed by atoms with van der Waals surface area (Å²) in [5, 5.41) is 15.6. The lowest BCUT2D eigenvalue weighted by Crippen LogP contribution is -2.12. The predicted octanol–water partition coefficient (Wildman–Crippen LogP) is 3.37. The fraction of sp³-hybridized carbons (Fsp3) is 0.250. The second-order valence-electron chi connectivity index (χ2n) is 5.31. The van der Waals surface area contributed by atoms with Gasteiger partial charge >= 0.3 is 0 Å². The molecular formula is C16H17N5OS2. The van der Waals surface area contributed by atoms with Crippen molar-refractivity contribution in [1.29, 1.82) is 0 Å². The van der Waals surface area contributed by atoms with Crippen LogP contribution in [0.25, 0.3) is 0 Å². The molecule has 1 aromatic carbocycles. The molecule has 124 valence electrons. The number of carbonyl (C=O) groups excluding carboxylic acids is 1. The maximum atomic E-state index is 12.2. The fourth-order valence-corrected chi connectivity index (χ4v) is 3.45. The average molecular weight is 359 g/mol. The number of hydrogen-bond donors (Lipinski definition) is 1. The predicted molar refractivity (Wildman–Crippen MR) is 96.9 cm³/mol. The van der Waals surface area contributed by atoms with Crippen molar-refractivity contribution >= 4 is 34.1 Å². The van der Waals surface area contributed by atoms with Gasteiger partial charge in [-0.2, -0.15) is 5.10 Å². The lowest BCUT2D eigenvalue weighted by atomic mass is 10.1. The number of anilines is 1. The first-order valence-electron chi connectivity index (χ1n) is 7.34. The minimum absolute atomic E-state index is 0.184. The van der Waals surface area contributed by atoms with E-state index in [1.54, 1.807) is 0 Å². The molecule has 1 amide bonds. The summed E-state index contributed by atoms with van der Waals surface area (Å²) in [6, 6.07) is 9.56. The molecule has 0 unspecified atom stereocenters. The third-order valence-corrected chi connectivity index (χ3v) is 5.27. The van der Waals surface area contributed by atoms with Gasteiger partial charge in [-0.15, -0.1) is 10.2 Å². The molecule has 24 heavy (non-hydrogen) atoms. The van der Waals surface area contributed by atoms with E-state index in [-0.39, 0.29) is 5.91 Å². The van der Waals surface area contributed by atoms with Gasteiger partial charge in [-0.1, -0.05) is 35.2 Å². The highest BCUT2D eigenvalue weighted by atomic mass is 32.2. The van der Waals surface area contributed by atoms with Gasteiger partial charge in [0.1, 0.15) is 0 Å². The molecule has 2 aromatic heterocycles. The summed E-state index contributed by atoms with van der Waals surface area (Å²) in [6.07, 6.45) is 1.92. The standard InChI is InChI=1S/C16H17N5OS2/c1-10-8-11(2)21(20-10)9-12-4-6-13(7-5-12)14(22)17-15-18-19-16(23-3)24-15/h4-8H,9H2,1-3H3,(H,17,18,22). The van der Waals surface area contributed by atoms with Crippen molar-refractivity contribution in [3.63, 3.8) is 0 Å². The summed E-state index contributed by atoms with van der Waals surface area (Å²) in [5.41, 5.74) is 3.81. The Labute approximate surface area is 148 Å². The molecule has 0 bridgehead atoms. The van der Waals surface area contributed by atoms with E-state index in [0.29, 0.717) is 17.2 Å². The zero-order chi connectivity index (χ0) is 17.1. The third kappa shape index (κ3) is 3.82.